The van der Waals surface area contributed by atoms with Crippen molar-refractivity contribution >= 4 is 18.0 Å². The Morgan fingerprint density at radius 3 is 1.81 bits per heavy atom. The maximum atomic E-state index is 12.0. The molecule has 120 valence electrons. The van der Waals surface area contributed by atoms with E-state index in [2.05, 4.69) is 5.32 Å². The Labute approximate surface area is 123 Å². The maximum Gasteiger partial charge on any atom is 0.414 e. The summed E-state index contributed by atoms with van der Waals surface area (Å²) in [6, 6.07) is 0.692. The highest BCUT2D eigenvalue weighted by Gasteiger charge is 2.41. The zero-order valence-corrected chi connectivity index (χ0v) is 12.5. The van der Waals surface area contributed by atoms with Crippen LogP contribution in [0.2, 0.25) is 0 Å². The Kier molecular flexibility index (Phi) is 5.54. The molecule has 0 saturated carbocycles. The number of carbonyl (C=O) groups is 3. The van der Waals surface area contributed by atoms with E-state index in [0.29, 0.717) is 12.1 Å². The minimum absolute atomic E-state index is 0.142. The first-order valence-corrected chi connectivity index (χ1v) is 6.80. The van der Waals surface area contributed by atoms with Crippen molar-refractivity contribution in [3.8, 4) is 0 Å². The highest BCUT2D eigenvalue weighted by atomic mass is 16.6. The smallest absolute Gasteiger partial charge is 0.414 e. The van der Waals surface area contributed by atoms with Crippen molar-refractivity contribution in [3.05, 3.63) is 0 Å². The molecule has 1 amide bonds. The van der Waals surface area contributed by atoms with E-state index in [1.165, 1.54) is 0 Å². The second-order valence-electron chi connectivity index (χ2n) is 6.04. The van der Waals surface area contributed by atoms with Crippen LogP contribution in [0.15, 0.2) is 0 Å². The number of nitrogens with zero attached hydrogens (tertiary/aromatic N) is 1. The molecule has 0 aromatic carbocycles. The summed E-state index contributed by atoms with van der Waals surface area (Å²) >= 11 is 0. The van der Waals surface area contributed by atoms with Crippen LogP contribution in [0.4, 0.5) is 4.79 Å². The summed E-state index contributed by atoms with van der Waals surface area (Å²) in [6.45, 7) is 7.56. The number of hydrogen-bond donors (Lipinski definition) is 3. The van der Waals surface area contributed by atoms with Gasteiger partial charge >= 0.3 is 18.0 Å². The largest absolute Gasteiger partial charge is 0.473 e. The summed E-state index contributed by atoms with van der Waals surface area (Å²) in [5.41, 5.74) is -0.388. The fourth-order valence-corrected chi connectivity index (χ4v) is 2.39. The zero-order chi connectivity index (χ0) is 16.2. The van der Waals surface area contributed by atoms with Crippen molar-refractivity contribution in [1.82, 2.24) is 10.2 Å². The van der Waals surface area contributed by atoms with Gasteiger partial charge in [0, 0.05) is 25.2 Å². The first-order chi connectivity index (χ1) is 9.61. The Hall–Kier alpha value is -1.83. The summed E-state index contributed by atoms with van der Waals surface area (Å²) in [4.78, 5) is 32.1. The quantitative estimate of drug-likeness (QED) is 0.558. The van der Waals surface area contributed by atoms with Gasteiger partial charge in [0.1, 0.15) is 5.60 Å². The average Bonchev–Trinajstić information content (AvgIpc) is 2.58. The lowest BCUT2D eigenvalue weighted by Gasteiger charge is -2.36. The molecule has 8 heteroatoms. The molecule has 8 nitrogen and oxygen atoms in total. The SMILES string of the molecule is CC(C)(C)OC(=O)N1C2CCC1CNC2.O=C(O)C(=O)O. The number of fused-ring (bicyclic) bond motifs is 2. The number of carboxylic acid groups (broad SMARTS) is 2. The second-order valence-corrected chi connectivity index (χ2v) is 6.04. The molecule has 2 rings (SSSR count). The Bertz CT molecular complexity index is 389. The van der Waals surface area contributed by atoms with Crippen LogP contribution in [0.3, 0.4) is 0 Å². The number of piperazine rings is 1. The molecule has 2 unspecified atom stereocenters. The van der Waals surface area contributed by atoms with Gasteiger partial charge in [0.05, 0.1) is 0 Å². The molecule has 2 aliphatic heterocycles. The number of rotatable bonds is 0. The van der Waals surface area contributed by atoms with Crippen LogP contribution in [0.5, 0.6) is 0 Å². The van der Waals surface area contributed by atoms with Gasteiger partial charge in [0.2, 0.25) is 0 Å². The van der Waals surface area contributed by atoms with Crippen molar-refractivity contribution in [1.29, 1.82) is 0 Å². The van der Waals surface area contributed by atoms with Crippen molar-refractivity contribution in [2.75, 3.05) is 13.1 Å². The van der Waals surface area contributed by atoms with Crippen LogP contribution in [0, 0.1) is 0 Å². The third kappa shape index (κ3) is 5.22. The number of nitrogens with one attached hydrogen (secondary N) is 1. The van der Waals surface area contributed by atoms with Gasteiger partial charge in [-0.1, -0.05) is 0 Å². The minimum Gasteiger partial charge on any atom is -0.473 e. The number of aliphatic carboxylic acids is 2. The van der Waals surface area contributed by atoms with E-state index in [1.807, 2.05) is 25.7 Å². The molecule has 2 heterocycles. The molecule has 0 spiro atoms. The van der Waals surface area contributed by atoms with Gasteiger partial charge in [0.25, 0.3) is 0 Å². The molecule has 3 N–H and O–H groups in total. The fourth-order valence-electron chi connectivity index (χ4n) is 2.39. The predicted molar refractivity (Wildman–Crippen MR) is 73.0 cm³/mol. The van der Waals surface area contributed by atoms with E-state index in [1.54, 1.807) is 0 Å². The number of ether oxygens (including phenoxy) is 1. The second kappa shape index (κ2) is 6.75. The molecule has 21 heavy (non-hydrogen) atoms. The zero-order valence-electron chi connectivity index (χ0n) is 12.5. The standard InChI is InChI=1S/C11H20N2O2.C2H2O4/c1-11(2,3)15-10(14)13-8-4-5-9(13)7-12-6-8;3-1(4)2(5)6/h8-9,12H,4-7H2,1-3H3;(H,3,4)(H,5,6). The van der Waals surface area contributed by atoms with Gasteiger partial charge in [-0.25, -0.2) is 14.4 Å². The highest BCUT2D eigenvalue weighted by molar-refractivity contribution is 6.27. The van der Waals surface area contributed by atoms with Crippen LogP contribution in [0.1, 0.15) is 33.6 Å². The summed E-state index contributed by atoms with van der Waals surface area (Å²) in [7, 11) is 0. The van der Waals surface area contributed by atoms with Crippen LogP contribution in [0.25, 0.3) is 0 Å². The van der Waals surface area contributed by atoms with Gasteiger partial charge in [0.15, 0.2) is 0 Å². The van der Waals surface area contributed by atoms with Crippen LogP contribution in [-0.4, -0.2) is 63.9 Å². The molecule has 2 aliphatic rings. The van der Waals surface area contributed by atoms with Crippen LogP contribution < -0.4 is 5.32 Å². The van der Waals surface area contributed by atoms with Gasteiger partial charge in [-0.05, 0) is 33.6 Å². The molecular weight excluding hydrogens is 280 g/mol. The third-order valence-corrected chi connectivity index (χ3v) is 3.17. The number of carbonyl (C=O) groups excluding carboxylic acids is 1. The molecule has 2 bridgehead atoms. The molecular formula is C13H22N2O6. The van der Waals surface area contributed by atoms with Gasteiger partial charge in [-0.3, -0.25) is 4.90 Å². The van der Waals surface area contributed by atoms with E-state index in [0.717, 1.165) is 25.9 Å². The highest BCUT2D eigenvalue weighted by Crippen LogP contribution is 2.28. The first kappa shape index (κ1) is 17.2. The van der Waals surface area contributed by atoms with Crippen molar-refractivity contribution in [2.24, 2.45) is 0 Å². The number of amides is 1. The molecule has 0 radical (unpaired) electrons. The molecule has 2 saturated heterocycles. The van der Waals surface area contributed by atoms with Gasteiger partial charge < -0.3 is 20.3 Å². The third-order valence-electron chi connectivity index (χ3n) is 3.17. The Morgan fingerprint density at radius 2 is 1.48 bits per heavy atom. The van der Waals surface area contributed by atoms with E-state index in [9.17, 15) is 4.79 Å². The lowest BCUT2D eigenvalue weighted by Crippen LogP contribution is -2.55. The van der Waals surface area contributed by atoms with Crippen LogP contribution in [-0.2, 0) is 14.3 Å². The predicted octanol–water partition coefficient (Wildman–Crippen LogP) is 0.513. The topological polar surface area (TPSA) is 116 Å². The Balaban J connectivity index is 0.000000315. The van der Waals surface area contributed by atoms with E-state index in [4.69, 9.17) is 24.5 Å². The van der Waals surface area contributed by atoms with Crippen molar-refractivity contribution in [2.45, 2.75) is 51.3 Å². The summed E-state index contributed by atoms with van der Waals surface area (Å²) in [6.07, 6.45) is 2.07. The summed E-state index contributed by atoms with van der Waals surface area (Å²) in [5.74, 6) is -3.65. The number of hydrogen-bond acceptors (Lipinski definition) is 5. The van der Waals surface area contributed by atoms with E-state index >= 15 is 0 Å². The number of carboxylic acids is 2. The van der Waals surface area contributed by atoms with E-state index < -0.39 is 11.9 Å². The Morgan fingerprint density at radius 1 is 1.05 bits per heavy atom. The lowest BCUT2D eigenvalue weighted by atomic mass is 10.2. The van der Waals surface area contributed by atoms with E-state index in [-0.39, 0.29) is 11.7 Å². The molecule has 0 aliphatic carbocycles. The van der Waals surface area contributed by atoms with Gasteiger partial charge in [-0.2, -0.15) is 0 Å². The molecule has 2 fully saturated rings. The normalized spacial score (nSPS) is 23.9. The molecule has 0 aromatic heterocycles. The monoisotopic (exact) mass is 302 g/mol. The van der Waals surface area contributed by atoms with Crippen molar-refractivity contribution in [3.63, 3.8) is 0 Å². The summed E-state index contributed by atoms with van der Waals surface area (Å²) < 4.78 is 5.42. The first-order valence-electron chi connectivity index (χ1n) is 6.80. The average molecular weight is 302 g/mol. The van der Waals surface area contributed by atoms with Gasteiger partial charge in [-0.15, -0.1) is 0 Å². The fraction of sp³-hybridized carbons (Fsp3) is 0.769. The van der Waals surface area contributed by atoms with Crippen molar-refractivity contribution < 1.29 is 29.3 Å². The minimum atomic E-state index is -1.82. The lowest BCUT2D eigenvalue weighted by molar-refractivity contribution is -0.159. The molecule has 2 atom stereocenters. The molecule has 0 aromatic rings. The maximum absolute atomic E-state index is 12.0. The van der Waals surface area contributed by atoms with Crippen LogP contribution >= 0.6 is 0 Å². The summed E-state index contributed by atoms with van der Waals surface area (Å²) in [5, 5.41) is 18.1.